The number of amides is 1. The highest BCUT2D eigenvalue weighted by Gasteiger charge is 2.27. The van der Waals surface area contributed by atoms with Gasteiger partial charge in [0.2, 0.25) is 5.91 Å². The summed E-state index contributed by atoms with van der Waals surface area (Å²) in [5.41, 5.74) is 2.68. The van der Waals surface area contributed by atoms with Gasteiger partial charge < -0.3 is 10.6 Å². The zero-order valence-corrected chi connectivity index (χ0v) is 13.0. The molecule has 2 aliphatic heterocycles. The summed E-state index contributed by atoms with van der Waals surface area (Å²) in [4.78, 5) is 26.6. The largest absolute Gasteiger partial charge is 0.326 e. The zero-order chi connectivity index (χ0) is 15.5. The summed E-state index contributed by atoms with van der Waals surface area (Å²) < 4.78 is 0. The SMILES string of the molecule is CCC(C(=O)c1ccc2c(c1)CCC(=O)N2)N1CCNCC1. The molecule has 5 nitrogen and oxygen atoms in total. The van der Waals surface area contributed by atoms with Crippen LogP contribution in [0.5, 0.6) is 0 Å². The van der Waals surface area contributed by atoms with Gasteiger partial charge in [0.25, 0.3) is 0 Å². The lowest BCUT2D eigenvalue weighted by Crippen LogP contribution is -2.51. The molecule has 2 heterocycles. The van der Waals surface area contributed by atoms with Gasteiger partial charge in [-0.25, -0.2) is 0 Å². The Morgan fingerprint density at radius 2 is 2.05 bits per heavy atom. The maximum Gasteiger partial charge on any atom is 0.224 e. The van der Waals surface area contributed by atoms with Crippen molar-refractivity contribution in [2.24, 2.45) is 0 Å². The smallest absolute Gasteiger partial charge is 0.224 e. The Labute approximate surface area is 131 Å². The molecule has 0 spiro atoms. The van der Waals surface area contributed by atoms with E-state index in [-0.39, 0.29) is 17.7 Å². The Hall–Kier alpha value is -1.72. The predicted molar refractivity (Wildman–Crippen MR) is 86.2 cm³/mol. The van der Waals surface area contributed by atoms with Gasteiger partial charge in [0.15, 0.2) is 5.78 Å². The number of fused-ring (bicyclic) bond motifs is 1. The van der Waals surface area contributed by atoms with Gasteiger partial charge in [0, 0.05) is 43.9 Å². The second-order valence-corrected chi connectivity index (χ2v) is 5.99. The van der Waals surface area contributed by atoms with Crippen molar-refractivity contribution < 1.29 is 9.59 Å². The van der Waals surface area contributed by atoms with Crippen LogP contribution in [0.25, 0.3) is 0 Å². The fourth-order valence-electron chi connectivity index (χ4n) is 3.33. The van der Waals surface area contributed by atoms with E-state index in [1.54, 1.807) is 0 Å². The normalized spacial score (nSPS) is 20.1. The second-order valence-electron chi connectivity index (χ2n) is 5.99. The molecular weight excluding hydrogens is 278 g/mol. The Morgan fingerprint density at radius 1 is 1.27 bits per heavy atom. The number of nitrogens with one attached hydrogen (secondary N) is 2. The molecule has 1 aromatic carbocycles. The van der Waals surface area contributed by atoms with Crippen LogP contribution >= 0.6 is 0 Å². The van der Waals surface area contributed by atoms with Crippen LogP contribution in [-0.2, 0) is 11.2 Å². The molecule has 1 atom stereocenters. The predicted octanol–water partition coefficient (Wildman–Crippen LogP) is 1.44. The average Bonchev–Trinajstić information content (AvgIpc) is 2.56. The number of benzene rings is 1. The number of Topliss-reactive ketones (excluding diaryl/α,β-unsaturated/α-hetero) is 1. The van der Waals surface area contributed by atoms with Crippen LogP contribution in [-0.4, -0.2) is 48.8 Å². The lowest BCUT2D eigenvalue weighted by Gasteiger charge is -2.33. The first-order valence-corrected chi connectivity index (χ1v) is 8.11. The number of anilines is 1. The van der Waals surface area contributed by atoms with Crippen LogP contribution in [0.1, 0.15) is 35.7 Å². The quantitative estimate of drug-likeness (QED) is 0.826. The fraction of sp³-hybridized carbons (Fsp3) is 0.529. The molecule has 0 bridgehead atoms. The third-order valence-electron chi connectivity index (χ3n) is 4.57. The molecule has 3 rings (SSSR count). The van der Waals surface area contributed by atoms with Crippen molar-refractivity contribution in [2.75, 3.05) is 31.5 Å². The molecule has 2 aliphatic rings. The fourth-order valence-corrected chi connectivity index (χ4v) is 3.33. The maximum atomic E-state index is 12.9. The number of rotatable bonds is 4. The summed E-state index contributed by atoms with van der Waals surface area (Å²) in [5.74, 6) is 0.253. The van der Waals surface area contributed by atoms with Crippen molar-refractivity contribution in [1.29, 1.82) is 0 Å². The molecule has 0 saturated carbocycles. The van der Waals surface area contributed by atoms with Crippen LogP contribution in [0.2, 0.25) is 0 Å². The molecule has 1 unspecified atom stereocenters. The van der Waals surface area contributed by atoms with E-state index in [2.05, 4.69) is 22.5 Å². The van der Waals surface area contributed by atoms with E-state index in [1.807, 2.05) is 18.2 Å². The third kappa shape index (κ3) is 3.05. The van der Waals surface area contributed by atoms with Gasteiger partial charge >= 0.3 is 0 Å². The Morgan fingerprint density at radius 3 is 2.77 bits per heavy atom. The van der Waals surface area contributed by atoms with Crippen molar-refractivity contribution in [3.8, 4) is 0 Å². The summed E-state index contributed by atoms with van der Waals surface area (Å²) in [5, 5.41) is 6.19. The molecule has 0 aromatic heterocycles. The number of carbonyl (C=O) groups is 2. The number of aryl methyl sites for hydroxylation is 1. The van der Waals surface area contributed by atoms with E-state index in [1.165, 1.54) is 0 Å². The summed E-state index contributed by atoms with van der Waals surface area (Å²) in [7, 11) is 0. The highest BCUT2D eigenvalue weighted by Crippen LogP contribution is 2.25. The summed E-state index contributed by atoms with van der Waals surface area (Å²) >= 11 is 0. The first kappa shape index (κ1) is 15.2. The Balaban J connectivity index is 1.80. The minimum atomic E-state index is -0.0432. The van der Waals surface area contributed by atoms with Crippen LogP contribution in [0, 0.1) is 0 Å². The van der Waals surface area contributed by atoms with Gasteiger partial charge in [-0.1, -0.05) is 6.92 Å². The van der Waals surface area contributed by atoms with E-state index >= 15 is 0 Å². The summed E-state index contributed by atoms with van der Waals surface area (Å²) in [6.07, 6.45) is 2.04. The van der Waals surface area contributed by atoms with Crippen molar-refractivity contribution in [2.45, 2.75) is 32.2 Å². The van der Waals surface area contributed by atoms with Crippen molar-refractivity contribution in [3.05, 3.63) is 29.3 Å². The van der Waals surface area contributed by atoms with E-state index in [4.69, 9.17) is 0 Å². The first-order chi connectivity index (χ1) is 10.7. The number of ketones is 1. The number of hydrogen-bond donors (Lipinski definition) is 2. The molecule has 118 valence electrons. The molecule has 0 aliphatic carbocycles. The second kappa shape index (κ2) is 6.58. The topological polar surface area (TPSA) is 61.4 Å². The molecule has 5 heteroatoms. The van der Waals surface area contributed by atoms with Crippen LogP contribution in [0.4, 0.5) is 5.69 Å². The molecule has 1 aromatic rings. The Bertz CT molecular complexity index is 579. The van der Waals surface area contributed by atoms with Crippen LogP contribution in [0.3, 0.4) is 0 Å². The van der Waals surface area contributed by atoms with Gasteiger partial charge in [-0.2, -0.15) is 0 Å². The molecule has 22 heavy (non-hydrogen) atoms. The van der Waals surface area contributed by atoms with Gasteiger partial charge in [-0.3, -0.25) is 14.5 Å². The molecule has 1 amide bonds. The van der Waals surface area contributed by atoms with E-state index < -0.39 is 0 Å². The molecule has 1 fully saturated rings. The van der Waals surface area contributed by atoms with Crippen molar-refractivity contribution in [1.82, 2.24) is 10.2 Å². The van der Waals surface area contributed by atoms with E-state index in [0.717, 1.165) is 49.4 Å². The molecule has 2 N–H and O–H groups in total. The number of piperazine rings is 1. The summed E-state index contributed by atoms with van der Waals surface area (Å²) in [6, 6.07) is 5.63. The monoisotopic (exact) mass is 301 g/mol. The van der Waals surface area contributed by atoms with Gasteiger partial charge in [-0.15, -0.1) is 0 Å². The number of nitrogens with zero attached hydrogens (tertiary/aromatic N) is 1. The van der Waals surface area contributed by atoms with Crippen molar-refractivity contribution >= 4 is 17.4 Å². The zero-order valence-electron chi connectivity index (χ0n) is 13.0. The molecular formula is C17H23N3O2. The highest BCUT2D eigenvalue weighted by molar-refractivity contribution is 6.01. The van der Waals surface area contributed by atoms with E-state index in [9.17, 15) is 9.59 Å². The van der Waals surface area contributed by atoms with Crippen molar-refractivity contribution in [3.63, 3.8) is 0 Å². The lowest BCUT2D eigenvalue weighted by molar-refractivity contribution is -0.116. The lowest BCUT2D eigenvalue weighted by atomic mass is 9.95. The number of hydrogen-bond acceptors (Lipinski definition) is 4. The summed E-state index contributed by atoms with van der Waals surface area (Å²) in [6.45, 7) is 5.81. The highest BCUT2D eigenvalue weighted by atomic mass is 16.1. The van der Waals surface area contributed by atoms with Crippen LogP contribution < -0.4 is 10.6 Å². The maximum absolute atomic E-state index is 12.9. The van der Waals surface area contributed by atoms with Gasteiger partial charge in [0.1, 0.15) is 0 Å². The van der Waals surface area contributed by atoms with Gasteiger partial charge in [-0.05, 0) is 36.6 Å². The van der Waals surface area contributed by atoms with E-state index in [0.29, 0.717) is 12.8 Å². The Kier molecular flexibility index (Phi) is 4.55. The van der Waals surface area contributed by atoms with Crippen LogP contribution in [0.15, 0.2) is 18.2 Å². The third-order valence-corrected chi connectivity index (χ3v) is 4.57. The van der Waals surface area contributed by atoms with Gasteiger partial charge in [0.05, 0.1) is 6.04 Å². The molecule has 0 radical (unpaired) electrons. The molecule has 1 saturated heterocycles. The average molecular weight is 301 g/mol. The minimum Gasteiger partial charge on any atom is -0.326 e. The minimum absolute atomic E-state index is 0.0432. The number of carbonyl (C=O) groups excluding carboxylic acids is 2. The first-order valence-electron chi connectivity index (χ1n) is 8.11. The standard InChI is InChI=1S/C17H23N3O2/c1-2-15(20-9-7-18-8-10-20)17(22)13-3-5-14-12(11-13)4-6-16(21)19-14/h3,5,11,15,18H,2,4,6-10H2,1H3,(H,19,21).